The first kappa shape index (κ1) is 23.5. The van der Waals surface area contributed by atoms with Crippen LogP contribution in [0.25, 0.3) is 11.2 Å². The van der Waals surface area contributed by atoms with Gasteiger partial charge >= 0.3 is 6.08 Å². The van der Waals surface area contributed by atoms with E-state index in [0.717, 1.165) is 23.1 Å². The molecule has 0 amide bonds. The summed E-state index contributed by atoms with van der Waals surface area (Å²) < 4.78 is 56.9. The Morgan fingerprint density at radius 2 is 2.03 bits per heavy atom. The molecule has 0 saturated heterocycles. The summed E-state index contributed by atoms with van der Waals surface area (Å²) in [5.74, 6) is 0.423. The molecule has 1 atom stereocenters. The third-order valence-corrected chi connectivity index (χ3v) is 7.58. The number of sulfonamides is 1. The van der Waals surface area contributed by atoms with Crippen LogP contribution in [0.15, 0.2) is 12.1 Å². The lowest BCUT2D eigenvalue weighted by Gasteiger charge is -2.13. The first-order valence-corrected chi connectivity index (χ1v) is 12.6. The summed E-state index contributed by atoms with van der Waals surface area (Å²) in [5.41, 5.74) is 9.94. The second kappa shape index (κ2) is 8.94. The monoisotopic (exact) mass is 478 g/mol. The van der Waals surface area contributed by atoms with Gasteiger partial charge in [-0.25, -0.2) is 22.5 Å². The van der Waals surface area contributed by atoms with E-state index in [-0.39, 0.29) is 41.7 Å². The Bertz CT molecular complexity index is 1310. The van der Waals surface area contributed by atoms with Gasteiger partial charge in [-0.2, -0.15) is 14.4 Å². The second-order valence-electron chi connectivity index (χ2n) is 8.96. The van der Waals surface area contributed by atoms with Crippen molar-refractivity contribution >= 4 is 27.0 Å². The number of halogens is 2. The largest absolute Gasteiger partial charge is 0.382 e. The molecule has 0 fully saturated rings. The number of alkyl halides is 1. The summed E-state index contributed by atoms with van der Waals surface area (Å²) in [6.07, 6.45) is -0.426. The van der Waals surface area contributed by atoms with Crippen molar-refractivity contribution < 1.29 is 17.2 Å². The van der Waals surface area contributed by atoms with Crippen LogP contribution in [-0.4, -0.2) is 40.2 Å². The lowest BCUT2D eigenvalue weighted by molar-refractivity contribution is 0.343. The van der Waals surface area contributed by atoms with Gasteiger partial charge in [-0.1, -0.05) is 26.0 Å². The smallest absolute Gasteiger partial charge is 0.312 e. The summed E-state index contributed by atoms with van der Waals surface area (Å²) in [5, 5.41) is 0. The van der Waals surface area contributed by atoms with Crippen molar-refractivity contribution in [2.45, 2.75) is 52.8 Å². The molecule has 0 saturated carbocycles. The number of imidazole rings is 1. The van der Waals surface area contributed by atoms with Crippen LogP contribution >= 0.6 is 0 Å². The molecule has 0 radical (unpaired) electrons. The number of benzene rings is 1. The van der Waals surface area contributed by atoms with Crippen molar-refractivity contribution in [1.82, 2.24) is 24.2 Å². The van der Waals surface area contributed by atoms with Gasteiger partial charge in [0, 0.05) is 19.5 Å². The zero-order chi connectivity index (χ0) is 23.9. The Labute approximate surface area is 191 Å². The summed E-state index contributed by atoms with van der Waals surface area (Å²) in [6.45, 7) is 5.86. The van der Waals surface area contributed by atoms with Gasteiger partial charge in [0.1, 0.15) is 12.0 Å². The Kier molecular flexibility index (Phi) is 6.37. The predicted octanol–water partition coefficient (Wildman–Crippen LogP) is 2.98. The van der Waals surface area contributed by atoms with Gasteiger partial charge in [-0.15, -0.1) is 0 Å². The van der Waals surface area contributed by atoms with Gasteiger partial charge in [0.15, 0.2) is 17.0 Å². The average molecular weight is 479 g/mol. The number of hydrogen-bond acceptors (Lipinski definition) is 6. The van der Waals surface area contributed by atoms with Crippen LogP contribution < -0.4 is 10.5 Å². The van der Waals surface area contributed by atoms with E-state index in [4.69, 9.17) is 5.73 Å². The van der Waals surface area contributed by atoms with Gasteiger partial charge in [-0.05, 0) is 47.9 Å². The van der Waals surface area contributed by atoms with E-state index in [2.05, 4.69) is 19.7 Å². The lowest BCUT2D eigenvalue weighted by atomic mass is 9.98. The quantitative estimate of drug-likeness (QED) is 0.481. The summed E-state index contributed by atoms with van der Waals surface area (Å²) in [6, 6.07) is 3.87. The molecule has 3 N–H and O–H groups in total. The SMILES string of the molecule is Cc1cc2c(cc1Cc1nc3c(N)nc(F)nc3n1CCNS(=O)(=O)CC(C)C)C(F)CC2. The first-order valence-electron chi connectivity index (χ1n) is 11.0. The normalized spacial score (nSPS) is 16.1. The van der Waals surface area contributed by atoms with E-state index < -0.39 is 22.3 Å². The molecule has 0 bridgehead atoms. The van der Waals surface area contributed by atoms with Crippen LogP contribution in [0, 0.1) is 18.9 Å². The van der Waals surface area contributed by atoms with Crippen LogP contribution in [0.2, 0.25) is 0 Å². The number of nitrogens with one attached hydrogen (secondary N) is 1. The number of aromatic nitrogens is 4. The van der Waals surface area contributed by atoms with Crippen molar-refractivity contribution in [3.63, 3.8) is 0 Å². The zero-order valence-corrected chi connectivity index (χ0v) is 19.7. The molecular weight excluding hydrogens is 450 g/mol. The number of fused-ring (bicyclic) bond motifs is 2. The Balaban J connectivity index is 1.68. The number of hydrogen-bond donors (Lipinski definition) is 2. The standard InChI is InChI=1S/C22H28F2N6O2S/c1-12(2)11-33(31,32)26-6-7-30-18(27-19-20(25)28-22(24)29-21(19)30)10-15-9-16-14(8-13(15)3)4-5-17(16)23/h8-9,12,17,26H,4-7,10-11H2,1-3H3,(H2,25,28,29). The molecule has 1 aliphatic rings. The molecule has 4 rings (SSSR count). The van der Waals surface area contributed by atoms with Crippen LogP contribution in [0.4, 0.5) is 14.6 Å². The minimum Gasteiger partial charge on any atom is -0.382 e. The highest BCUT2D eigenvalue weighted by molar-refractivity contribution is 7.89. The molecule has 3 aromatic rings. The molecule has 178 valence electrons. The number of nitrogens with zero attached hydrogens (tertiary/aromatic N) is 4. The summed E-state index contributed by atoms with van der Waals surface area (Å²) >= 11 is 0. The Morgan fingerprint density at radius 3 is 2.76 bits per heavy atom. The molecule has 11 heteroatoms. The van der Waals surface area contributed by atoms with E-state index in [1.54, 1.807) is 4.57 Å². The number of nitrogen functional groups attached to an aromatic ring is 1. The highest BCUT2D eigenvalue weighted by Crippen LogP contribution is 2.36. The fourth-order valence-corrected chi connectivity index (χ4v) is 5.76. The average Bonchev–Trinajstić information content (AvgIpc) is 3.22. The van der Waals surface area contributed by atoms with E-state index in [0.29, 0.717) is 24.2 Å². The summed E-state index contributed by atoms with van der Waals surface area (Å²) in [7, 11) is -3.45. The van der Waals surface area contributed by atoms with E-state index in [1.807, 2.05) is 32.9 Å². The zero-order valence-electron chi connectivity index (χ0n) is 18.9. The van der Waals surface area contributed by atoms with Crippen LogP contribution in [0.5, 0.6) is 0 Å². The summed E-state index contributed by atoms with van der Waals surface area (Å²) in [4.78, 5) is 12.0. The van der Waals surface area contributed by atoms with Gasteiger partial charge in [0.2, 0.25) is 10.0 Å². The molecule has 0 spiro atoms. The van der Waals surface area contributed by atoms with Crippen molar-refractivity contribution in [2.75, 3.05) is 18.0 Å². The number of rotatable bonds is 8. The fraction of sp³-hybridized carbons (Fsp3) is 0.500. The van der Waals surface area contributed by atoms with Gasteiger partial charge < -0.3 is 10.3 Å². The number of nitrogens with two attached hydrogens (primary N) is 1. The van der Waals surface area contributed by atoms with Crippen LogP contribution in [-0.2, 0) is 29.4 Å². The van der Waals surface area contributed by atoms with Gasteiger partial charge in [0.25, 0.3) is 0 Å². The molecule has 33 heavy (non-hydrogen) atoms. The van der Waals surface area contributed by atoms with Crippen LogP contribution in [0.1, 0.15) is 54.5 Å². The third kappa shape index (κ3) is 4.98. The fourth-order valence-electron chi connectivity index (χ4n) is 4.36. The van der Waals surface area contributed by atoms with E-state index >= 15 is 0 Å². The van der Waals surface area contributed by atoms with Crippen molar-refractivity contribution in [3.05, 3.63) is 46.3 Å². The topological polar surface area (TPSA) is 116 Å². The van der Waals surface area contributed by atoms with Crippen molar-refractivity contribution in [3.8, 4) is 0 Å². The van der Waals surface area contributed by atoms with E-state index in [1.165, 1.54) is 0 Å². The van der Waals surface area contributed by atoms with Crippen LogP contribution in [0.3, 0.4) is 0 Å². The maximum Gasteiger partial charge on any atom is 0.312 e. The van der Waals surface area contributed by atoms with Gasteiger partial charge in [-0.3, -0.25) is 0 Å². The predicted molar refractivity (Wildman–Crippen MR) is 122 cm³/mol. The number of anilines is 1. The maximum atomic E-state index is 14.3. The first-order chi connectivity index (χ1) is 15.5. The Hall–Kier alpha value is -2.66. The minimum atomic E-state index is -3.45. The molecule has 1 aromatic carbocycles. The van der Waals surface area contributed by atoms with Gasteiger partial charge in [0.05, 0.1) is 5.75 Å². The molecule has 1 unspecified atom stereocenters. The highest BCUT2D eigenvalue weighted by atomic mass is 32.2. The molecule has 2 heterocycles. The minimum absolute atomic E-state index is 0.00694. The maximum absolute atomic E-state index is 14.3. The highest BCUT2D eigenvalue weighted by Gasteiger charge is 2.24. The second-order valence-corrected chi connectivity index (χ2v) is 10.8. The molecule has 1 aliphatic carbocycles. The van der Waals surface area contributed by atoms with Crippen molar-refractivity contribution in [1.29, 1.82) is 0 Å². The molecule has 2 aromatic heterocycles. The third-order valence-electron chi connectivity index (χ3n) is 5.83. The molecule has 8 nitrogen and oxygen atoms in total. The van der Waals surface area contributed by atoms with E-state index in [9.17, 15) is 17.2 Å². The van der Waals surface area contributed by atoms with Crippen molar-refractivity contribution in [2.24, 2.45) is 5.92 Å². The molecular formula is C22H28F2N6O2S. The molecule has 0 aliphatic heterocycles. The number of aryl methyl sites for hydroxylation is 2. The Morgan fingerprint density at radius 1 is 1.27 bits per heavy atom. The lowest BCUT2D eigenvalue weighted by Crippen LogP contribution is -2.31.